The van der Waals surface area contributed by atoms with Gasteiger partial charge >= 0.3 is 0 Å². The number of rotatable bonds is 6. The lowest BCUT2D eigenvalue weighted by Crippen LogP contribution is -2.51. The number of nitro benzene ring substituents is 1. The Bertz CT molecular complexity index is 1200. The van der Waals surface area contributed by atoms with Gasteiger partial charge in [0.25, 0.3) is 5.69 Å². The topological polar surface area (TPSA) is 95.7 Å². The van der Waals surface area contributed by atoms with E-state index in [1.807, 2.05) is 4.90 Å². The minimum Gasteiger partial charge on any atom is -0.368 e. The van der Waals surface area contributed by atoms with Gasteiger partial charge in [-0.1, -0.05) is 12.1 Å². The van der Waals surface area contributed by atoms with Gasteiger partial charge in [-0.25, -0.2) is 9.37 Å². The van der Waals surface area contributed by atoms with E-state index in [0.29, 0.717) is 32.6 Å². The Morgan fingerprint density at radius 3 is 2.28 bits per heavy atom. The van der Waals surface area contributed by atoms with E-state index < -0.39 is 4.92 Å². The second-order valence-corrected chi connectivity index (χ2v) is 9.87. The van der Waals surface area contributed by atoms with E-state index in [1.54, 1.807) is 24.3 Å². The molecule has 0 N–H and O–H groups in total. The van der Waals surface area contributed by atoms with Crippen molar-refractivity contribution in [3.63, 3.8) is 0 Å². The smallest absolute Gasteiger partial charge is 0.269 e. The van der Waals surface area contributed by atoms with Crippen LogP contribution in [0.5, 0.6) is 0 Å². The van der Waals surface area contributed by atoms with Crippen LogP contribution in [0.2, 0.25) is 0 Å². The SMILES string of the molecule is O=C(C1CCN(c2nc(Cc3ccc(F)cc3)ns2)CC1)N1CCN(c2ccc([N+](=O)[O-])cc2)CC1. The van der Waals surface area contributed by atoms with Gasteiger partial charge < -0.3 is 14.7 Å². The third-order valence-corrected chi connectivity index (χ3v) is 7.68. The standard InChI is InChI=1S/C25H27FN6O3S/c26-20-3-1-18(2-4-20)17-23-27-25(36-28-23)31-11-9-19(10-12-31)24(33)30-15-13-29(14-16-30)21-5-7-22(8-6-21)32(34)35/h1-8,19H,9-17H2. The number of hydrogen-bond acceptors (Lipinski definition) is 8. The molecule has 1 aromatic heterocycles. The van der Waals surface area contributed by atoms with Crippen LogP contribution >= 0.6 is 11.5 Å². The van der Waals surface area contributed by atoms with Crippen LogP contribution in [-0.4, -0.2) is 64.4 Å². The van der Waals surface area contributed by atoms with Crippen LogP contribution in [-0.2, 0) is 11.2 Å². The maximum atomic E-state index is 13.2. The van der Waals surface area contributed by atoms with E-state index in [1.165, 1.54) is 35.8 Å². The van der Waals surface area contributed by atoms with E-state index in [-0.39, 0.29) is 23.3 Å². The lowest BCUT2D eigenvalue weighted by atomic mass is 9.95. The van der Waals surface area contributed by atoms with Crippen molar-refractivity contribution in [2.75, 3.05) is 49.1 Å². The molecule has 188 valence electrons. The van der Waals surface area contributed by atoms with Crippen LogP contribution in [0.25, 0.3) is 0 Å². The summed E-state index contributed by atoms with van der Waals surface area (Å²) in [4.78, 5) is 34.6. The minimum atomic E-state index is -0.399. The second kappa shape index (κ2) is 10.6. The molecule has 0 saturated carbocycles. The Kier molecular flexibility index (Phi) is 7.08. The summed E-state index contributed by atoms with van der Waals surface area (Å²) in [5, 5.41) is 11.7. The number of piperazine rings is 1. The number of carbonyl (C=O) groups excluding carboxylic acids is 1. The number of halogens is 1. The fourth-order valence-corrected chi connectivity index (χ4v) is 5.51. The van der Waals surface area contributed by atoms with Crippen molar-refractivity contribution in [2.45, 2.75) is 19.3 Å². The molecule has 2 aliphatic heterocycles. The molecule has 0 bridgehead atoms. The molecule has 3 heterocycles. The van der Waals surface area contributed by atoms with Gasteiger partial charge in [0.15, 0.2) is 0 Å². The van der Waals surface area contributed by atoms with Crippen LogP contribution in [0.4, 0.5) is 20.9 Å². The van der Waals surface area contributed by atoms with Gasteiger partial charge in [0, 0.05) is 81.0 Å². The first-order chi connectivity index (χ1) is 17.5. The van der Waals surface area contributed by atoms with Crippen molar-refractivity contribution in [2.24, 2.45) is 5.92 Å². The molecule has 9 nitrogen and oxygen atoms in total. The van der Waals surface area contributed by atoms with Crippen LogP contribution in [0.15, 0.2) is 48.5 Å². The van der Waals surface area contributed by atoms with Crippen molar-refractivity contribution in [3.8, 4) is 0 Å². The average molecular weight is 511 g/mol. The van der Waals surface area contributed by atoms with E-state index >= 15 is 0 Å². The Balaban J connectivity index is 1.09. The highest BCUT2D eigenvalue weighted by Crippen LogP contribution is 2.27. The predicted octanol–water partition coefficient (Wildman–Crippen LogP) is 3.74. The summed E-state index contributed by atoms with van der Waals surface area (Å²) < 4.78 is 17.6. The molecule has 11 heteroatoms. The first-order valence-corrected chi connectivity index (χ1v) is 12.8. The highest BCUT2D eigenvalue weighted by Gasteiger charge is 2.31. The third kappa shape index (κ3) is 5.46. The molecule has 0 aliphatic carbocycles. The van der Waals surface area contributed by atoms with Crippen LogP contribution in [0.1, 0.15) is 24.2 Å². The molecule has 36 heavy (non-hydrogen) atoms. The number of non-ortho nitro benzene ring substituents is 1. The number of hydrogen-bond donors (Lipinski definition) is 0. The zero-order chi connectivity index (χ0) is 25.1. The summed E-state index contributed by atoms with van der Waals surface area (Å²) in [6, 6.07) is 13.0. The fourth-order valence-electron chi connectivity index (χ4n) is 4.78. The van der Waals surface area contributed by atoms with Gasteiger partial charge in [-0.05, 0) is 42.7 Å². The van der Waals surface area contributed by atoms with Crippen molar-refractivity contribution in [3.05, 3.63) is 75.9 Å². The van der Waals surface area contributed by atoms with Gasteiger partial charge in [0.05, 0.1) is 4.92 Å². The maximum Gasteiger partial charge on any atom is 0.269 e. The second-order valence-electron chi connectivity index (χ2n) is 9.14. The Hall–Kier alpha value is -3.60. The number of nitro groups is 1. The molecular formula is C25H27FN6O3S. The lowest BCUT2D eigenvalue weighted by molar-refractivity contribution is -0.384. The van der Waals surface area contributed by atoms with Gasteiger partial charge in [0.1, 0.15) is 11.6 Å². The molecular weight excluding hydrogens is 483 g/mol. The number of amides is 1. The third-order valence-electron chi connectivity index (χ3n) is 6.86. The Labute approximate surface area is 212 Å². The molecule has 3 aromatic rings. The van der Waals surface area contributed by atoms with Crippen LogP contribution in [0.3, 0.4) is 0 Å². The van der Waals surface area contributed by atoms with Gasteiger partial charge in [-0.2, -0.15) is 4.37 Å². The molecule has 0 unspecified atom stereocenters. The molecule has 2 saturated heterocycles. The fraction of sp³-hybridized carbons (Fsp3) is 0.400. The minimum absolute atomic E-state index is 0.0128. The molecule has 0 spiro atoms. The highest BCUT2D eigenvalue weighted by molar-refractivity contribution is 7.09. The summed E-state index contributed by atoms with van der Waals surface area (Å²) >= 11 is 1.37. The van der Waals surface area contributed by atoms with E-state index in [0.717, 1.165) is 48.1 Å². The summed E-state index contributed by atoms with van der Waals surface area (Å²) in [6.45, 7) is 4.26. The largest absolute Gasteiger partial charge is 0.368 e. The van der Waals surface area contributed by atoms with E-state index in [4.69, 9.17) is 0 Å². The molecule has 5 rings (SSSR count). The van der Waals surface area contributed by atoms with Gasteiger partial charge in [0.2, 0.25) is 11.0 Å². The highest BCUT2D eigenvalue weighted by atomic mass is 32.1. The maximum absolute atomic E-state index is 13.2. The van der Waals surface area contributed by atoms with Crippen LogP contribution < -0.4 is 9.80 Å². The van der Waals surface area contributed by atoms with Crippen molar-refractivity contribution < 1.29 is 14.1 Å². The molecule has 1 amide bonds. The summed E-state index contributed by atoms with van der Waals surface area (Å²) in [5.74, 6) is 0.700. The number of benzene rings is 2. The lowest BCUT2D eigenvalue weighted by Gasteiger charge is -2.39. The zero-order valence-corrected chi connectivity index (χ0v) is 20.6. The number of carbonyl (C=O) groups is 1. The number of aromatic nitrogens is 2. The van der Waals surface area contributed by atoms with E-state index in [2.05, 4.69) is 19.2 Å². The number of piperidine rings is 1. The number of anilines is 2. The average Bonchev–Trinajstić information content (AvgIpc) is 3.38. The normalized spacial score (nSPS) is 16.9. The predicted molar refractivity (Wildman–Crippen MR) is 136 cm³/mol. The summed E-state index contributed by atoms with van der Waals surface area (Å²) in [5.41, 5.74) is 1.99. The molecule has 2 aliphatic rings. The molecule has 2 aromatic carbocycles. The first kappa shape index (κ1) is 24.1. The van der Waals surface area contributed by atoms with Crippen molar-refractivity contribution >= 4 is 33.9 Å². The monoisotopic (exact) mass is 510 g/mol. The summed E-state index contributed by atoms with van der Waals surface area (Å²) in [7, 11) is 0. The molecule has 0 atom stereocenters. The first-order valence-electron chi connectivity index (χ1n) is 12.1. The number of nitrogens with zero attached hydrogens (tertiary/aromatic N) is 6. The quantitative estimate of drug-likeness (QED) is 0.368. The van der Waals surface area contributed by atoms with Crippen LogP contribution in [0, 0.1) is 21.8 Å². The van der Waals surface area contributed by atoms with Gasteiger partial charge in [-0.15, -0.1) is 0 Å². The van der Waals surface area contributed by atoms with Crippen molar-refractivity contribution in [1.29, 1.82) is 0 Å². The van der Waals surface area contributed by atoms with Gasteiger partial charge in [-0.3, -0.25) is 14.9 Å². The van der Waals surface area contributed by atoms with Crippen molar-refractivity contribution in [1.82, 2.24) is 14.3 Å². The molecule has 2 fully saturated rings. The summed E-state index contributed by atoms with van der Waals surface area (Å²) in [6.07, 6.45) is 2.14. The Morgan fingerprint density at radius 1 is 0.972 bits per heavy atom. The zero-order valence-electron chi connectivity index (χ0n) is 19.8. The Morgan fingerprint density at radius 2 is 1.64 bits per heavy atom. The molecule has 0 radical (unpaired) electrons. The van der Waals surface area contributed by atoms with E-state index in [9.17, 15) is 19.3 Å².